The molecule has 4 aliphatic rings. The molecule has 2 aliphatic carbocycles. The third kappa shape index (κ3) is 8.13. The smallest absolute Gasteiger partial charge is 0.264 e. The summed E-state index contributed by atoms with van der Waals surface area (Å²) in [6.45, 7) is 11.6. The van der Waals surface area contributed by atoms with Crippen molar-refractivity contribution in [1.82, 2.24) is 9.62 Å². The summed E-state index contributed by atoms with van der Waals surface area (Å²) in [5.41, 5.74) is 2.39. The minimum atomic E-state index is -3.81. The van der Waals surface area contributed by atoms with Gasteiger partial charge in [0.25, 0.3) is 5.91 Å². The van der Waals surface area contributed by atoms with E-state index in [1.54, 1.807) is 32.0 Å². The van der Waals surface area contributed by atoms with Crippen LogP contribution in [0, 0.1) is 24.2 Å². The normalized spacial score (nSPS) is 24.9. The van der Waals surface area contributed by atoms with Gasteiger partial charge in [-0.1, -0.05) is 36.6 Å². The van der Waals surface area contributed by atoms with Gasteiger partial charge in [0.05, 0.1) is 37.4 Å². The zero-order chi connectivity index (χ0) is 36.2. The van der Waals surface area contributed by atoms with Crippen LogP contribution in [0.15, 0.2) is 48.6 Å². The van der Waals surface area contributed by atoms with E-state index in [-0.39, 0.29) is 22.8 Å². The first-order chi connectivity index (χ1) is 24.5. The Kier molecular flexibility index (Phi) is 11.7. The number of anilines is 1. The Morgan fingerprint density at radius 3 is 2.73 bits per heavy atom. The lowest BCUT2D eigenvalue weighted by Gasteiger charge is -2.49. The summed E-state index contributed by atoms with van der Waals surface area (Å²) >= 11 is 6.47. The van der Waals surface area contributed by atoms with Crippen LogP contribution in [0.25, 0.3) is 0 Å². The number of allylic oxidation sites excluding steroid dienone is 1. The van der Waals surface area contributed by atoms with Crippen molar-refractivity contribution in [3.63, 3.8) is 0 Å². The first-order valence-electron chi connectivity index (χ1n) is 18.5. The Morgan fingerprint density at radius 2 is 2.02 bits per heavy atom. The second kappa shape index (κ2) is 15.9. The second-order valence-corrected chi connectivity index (χ2v) is 17.5. The Morgan fingerprint density at radius 1 is 1.22 bits per heavy atom. The predicted molar refractivity (Wildman–Crippen MR) is 202 cm³/mol. The molecule has 6 rings (SSSR count). The topological polar surface area (TPSA) is 97.4 Å². The van der Waals surface area contributed by atoms with Gasteiger partial charge in [0.2, 0.25) is 10.0 Å². The minimum Gasteiger partial charge on any atom is -0.490 e. The number of rotatable bonds is 12. The van der Waals surface area contributed by atoms with E-state index >= 15 is 0 Å². The maximum absolute atomic E-state index is 13.3. The van der Waals surface area contributed by atoms with Gasteiger partial charge in [-0.25, -0.2) is 13.1 Å². The number of nitrogens with one attached hydrogen (secondary N) is 1. The van der Waals surface area contributed by atoms with Crippen molar-refractivity contribution in [3.8, 4) is 18.1 Å². The molecular formula is C40H52ClN3O6S. The first kappa shape index (κ1) is 37.7. The van der Waals surface area contributed by atoms with Crippen molar-refractivity contribution in [3.05, 3.63) is 70.3 Å². The SMILES string of the molecule is C#C[C@@](/C=C/CC)(OCCN1CCOCC1)[C@@H]1CC[C@H]1CN1C[C@@]2(CCCc3cc(Cl)ccc32)COc2ccc(C(=O)NS(=O)(=O)C(C)C)cc21. The van der Waals surface area contributed by atoms with E-state index in [2.05, 4.69) is 51.7 Å². The molecule has 1 amide bonds. The van der Waals surface area contributed by atoms with E-state index in [9.17, 15) is 13.2 Å². The number of fused-ring (bicyclic) bond motifs is 3. The highest BCUT2D eigenvalue weighted by Gasteiger charge is 2.49. The first-order valence-corrected chi connectivity index (χ1v) is 20.4. The van der Waals surface area contributed by atoms with Crippen LogP contribution in [-0.4, -0.2) is 89.2 Å². The molecule has 51 heavy (non-hydrogen) atoms. The molecule has 1 spiro atoms. The fraction of sp³-hybridized carbons (Fsp3) is 0.575. The standard InChI is InChI=1S/C40H52ClN3O6S/c1-5-7-17-40(6-2,50-23-20-43-18-21-48-22-19-43)35-13-10-32(35)26-44-27-39(16-8-9-30-24-33(41)12-14-34(30)39)28-49-37-15-11-31(25-36(37)44)38(45)42-51(46,47)29(3)4/h2,7,11-12,14-15,17,24-25,29,32,35H,5,8-10,13,16,18-23,26-28H2,1,3-4H3,(H,42,45)/b17-7+/t32-,35+,39-,40-/m0/s1. The van der Waals surface area contributed by atoms with E-state index in [0.29, 0.717) is 32.1 Å². The predicted octanol–water partition coefficient (Wildman–Crippen LogP) is 5.99. The molecule has 0 radical (unpaired) electrons. The van der Waals surface area contributed by atoms with E-state index in [1.807, 2.05) is 6.07 Å². The van der Waals surface area contributed by atoms with Crippen LogP contribution in [-0.2, 0) is 31.3 Å². The third-order valence-corrected chi connectivity index (χ3v) is 13.2. The molecule has 1 saturated heterocycles. The zero-order valence-corrected chi connectivity index (χ0v) is 31.7. The highest BCUT2D eigenvalue weighted by molar-refractivity contribution is 7.90. The average Bonchev–Trinajstić information content (AvgIpc) is 3.25. The Hall–Kier alpha value is -3.07. The number of nitrogens with zero attached hydrogens (tertiary/aromatic N) is 2. The minimum absolute atomic E-state index is 0.0960. The van der Waals surface area contributed by atoms with Crippen LogP contribution in [0.4, 0.5) is 5.69 Å². The molecule has 0 bridgehead atoms. The Balaban J connectivity index is 1.32. The van der Waals surface area contributed by atoms with Gasteiger partial charge in [-0.15, -0.1) is 6.42 Å². The number of carbonyl (C=O) groups is 1. The van der Waals surface area contributed by atoms with Gasteiger partial charge in [-0.05, 0) is 106 Å². The number of carbonyl (C=O) groups excluding carboxylic acids is 1. The fourth-order valence-electron chi connectivity index (χ4n) is 8.13. The van der Waals surface area contributed by atoms with Crippen LogP contribution >= 0.6 is 11.6 Å². The molecule has 2 aliphatic heterocycles. The van der Waals surface area contributed by atoms with Crippen LogP contribution in [0.2, 0.25) is 5.02 Å². The number of hydrogen-bond acceptors (Lipinski definition) is 8. The second-order valence-electron chi connectivity index (χ2n) is 14.8. The van der Waals surface area contributed by atoms with Crippen LogP contribution < -0.4 is 14.4 Å². The van der Waals surface area contributed by atoms with Gasteiger partial charge >= 0.3 is 0 Å². The molecule has 2 fully saturated rings. The average molecular weight is 738 g/mol. The fourth-order valence-corrected chi connectivity index (χ4v) is 8.94. The monoisotopic (exact) mass is 737 g/mol. The van der Waals surface area contributed by atoms with Crippen molar-refractivity contribution in [2.75, 3.05) is 64.1 Å². The largest absolute Gasteiger partial charge is 0.490 e. The van der Waals surface area contributed by atoms with Crippen LogP contribution in [0.5, 0.6) is 5.75 Å². The van der Waals surface area contributed by atoms with Gasteiger partial charge in [0.1, 0.15) is 11.4 Å². The summed E-state index contributed by atoms with van der Waals surface area (Å²) in [6.07, 6.45) is 16.3. The molecule has 0 unspecified atom stereocenters. The van der Waals surface area contributed by atoms with E-state index < -0.39 is 26.8 Å². The number of terminal acetylenes is 1. The summed E-state index contributed by atoms with van der Waals surface area (Å²) in [5.74, 6) is 3.42. The van der Waals surface area contributed by atoms with Gasteiger partial charge in [0.15, 0.2) is 0 Å². The number of morpholine rings is 1. The van der Waals surface area contributed by atoms with E-state index in [0.717, 1.165) is 82.1 Å². The van der Waals surface area contributed by atoms with E-state index in [1.165, 1.54) is 11.1 Å². The van der Waals surface area contributed by atoms with Crippen molar-refractivity contribution in [2.45, 2.75) is 75.6 Å². The molecule has 9 nitrogen and oxygen atoms in total. The summed E-state index contributed by atoms with van der Waals surface area (Å²) in [5, 5.41) is -0.0177. The maximum Gasteiger partial charge on any atom is 0.264 e. The number of hydrogen-bond donors (Lipinski definition) is 1. The van der Waals surface area contributed by atoms with Crippen molar-refractivity contribution < 1.29 is 27.4 Å². The third-order valence-electron chi connectivity index (χ3n) is 11.3. The van der Waals surface area contributed by atoms with Gasteiger partial charge < -0.3 is 19.1 Å². The van der Waals surface area contributed by atoms with Gasteiger partial charge in [-0.2, -0.15) is 0 Å². The quantitative estimate of drug-likeness (QED) is 0.210. The van der Waals surface area contributed by atoms with Crippen molar-refractivity contribution in [2.24, 2.45) is 11.8 Å². The number of sulfonamides is 1. The van der Waals surface area contributed by atoms with Gasteiger partial charge in [0, 0.05) is 54.6 Å². The molecule has 4 atom stereocenters. The Bertz CT molecular complexity index is 1750. The summed E-state index contributed by atoms with van der Waals surface area (Å²) in [7, 11) is -3.81. The number of amides is 1. The molecule has 2 aromatic rings. The Labute approximate surface area is 309 Å². The number of halogens is 1. The summed E-state index contributed by atoms with van der Waals surface area (Å²) in [6, 6.07) is 11.4. The molecule has 2 heterocycles. The number of benzene rings is 2. The molecule has 0 aromatic heterocycles. The maximum atomic E-state index is 13.3. The molecule has 1 saturated carbocycles. The van der Waals surface area contributed by atoms with E-state index in [4.69, 9.17) is 32.2 Å². The highest BCUT2D eigenvalue weighted by atomic mass is 35.5. The summed E-state index contributed by atoms with van der Waals surface area (Å²) < 4.78 is 46.4. The molecule has 2 aromatic carbocycles. The van der Waals surface area contributed by atoms with Crippen molar-refractivity contribution >= 4 is 33.2 Å². The van der Waals surface area contributed by atoms with Crippen LogP contribution in [0.3, 0.4) is 0 Å². The molecule has 276 valence electrons. The molecule has 1 N–H and O–H groups in total. The molecular weight excluding hydrogens is 686 g/mol. The lowest BCUT2D eigenvalue weighted by Crippen LogP contribution is -2.53. The highest BCUT2D eigenvalue weighted by Crippen LogP contribution is 2.49. The van der Waals surface area contributed by atoms with Crippen molar-refractivity contribution in [1.29, 1.82) is 0 Å². The number of aryl methyl sites for hydroxylation is 1. The zero-order valence-electron chi connectivity index (χ0n) is 30.2. The lowest BCUT2D eigenvalue weighted by molar-refractivity contribution is -0.0703. The molecule has 11 heteroatoms. The van der Waals surface area contributed by atoms with Gasteiger partial charge in [-0.3, -0.25) is 9.69 Å². The number of ether oxygens (including phenoxy) is 3. The summed E-state index contributed by atoms with van der Waals surface area (Å²) in [4.78, 5) is 18.1. The lowest BCUT2D eigenvalue weighted by atomic mass is 9.64. The van der Waals surface area contributed by atoms with Crippen LogP contribution in [0.1, 0.15) is 74.4 Å².